The summed E-state index contributed by atoms with van der Waals surface area (Å²) in [5, 5.41) is 0. The predicted octanol–water partition coefficient (Wildman–Crippen LogP) is 2.74. The predicted molar refractivity (Wildman–Crippen MR) is 77.1 cm³/mol. The van der Waals surface area contributed by atoms with E-state index in [1.165, 1.54) is 12.1 Å². The van der Waals surface area contributed by atoms with Gasteiger partial charge in [-0.2, -0.15) is 0 Å². The second kappa shape index (κ2) is 5.48. The van der Waals surface area contributed by atoms with Crippen LogP contribution in [-0.2, 0) is 4.74 Å². The number of carbonyl (C=O) groups excluding carboxylic acids is 1. The van der Waals surface area contributed by atoms with E-state index in [9.17, 15) is 13.6 Å². The molecule has 8 heteroatoms. The number of hydrogen-bond acceptors (Lipinski definition) is 5. The van der Waals surface area contributed by atoms with Gasteiger partial charge in [0.2, 0.25) is 0 Å². The van der Waals surface area contributed by atoms with Gasteiger partial charge in [0.1, 0.15) is 5.76 Å². The zero-order valence-corrected chi connectivity index (χ0v) is 12.5. The van der Waals surface area contributed by atoms with Crippen molar-refractivity contribution in [1.29, 1.82) is 0 Å². The summed E-state index contributed by atoms with van der Waals surface area (Å²) >= 11 is 0. The van der Waals surface area contributed by atoms with Crippen LogP contribution in [0.2, 0.25) is 0 Å². The monoisotopic (exact) mass is 337 g/mol. The number of rotatable bonds is 2. The first-order chi connectivity index (χ1) is 11.5. The third-order valence-electron chi connectivity index (χ3n) is 3.81. The Balaban J connectivity index is 1.62. The third-order valence-corrected chi connectivity index (χ3v) is 3.81. The number of amides is 1. The molecule has 2 aliphatic heterocycles. The van der Waals surface area contributed by atoms with Crippen LogP contribution < -0.4 is 9.47 Å². The topological polar surface area (TPSA) is 61.1 Å². The van der Waals surface area contributed by atoms with Crippen LogP contribution >= 0.6 is 0 Å². The van der Waals surface area contributed by atoms with Crippen LogP contribution in [0.25, 0.3) is 11.3 Å². The average Bonchev–Trinajstić information content (AvgIpc) is 3.17. The molecule has 1 saturated heterocycles. The van der Waals surface area contributed by atoms with Crippen LogP contribution in [0, 0.1) is 0 Å². The Kier molecular flexibility index (Phi) is 3.42. The molecular formula is C16H13F2NO5. The molecule has 24 heavy (non-hydrogen) atoms. The number of ether oxygens (including phenoxy) is 3. The number of hydrogen-bond donors (Lipinski definition) is 0. The van der Waals surface area contributed by atoms with Crippen molar-refractivity contribution in [3.63, 3.8) is 0 Å². The summed E-state index contributed by atoms with van der Waals surface area (Å²) < 4.78 is 46.3. The van der Waals surface area contributed by atoms with Crippen LogP contribution in [0.5, 0.6) is 11.5 Å². The zero-order valence-electron chi connectivity index (χ0n) is 12.5. The lowest BCUT2D eigenvalue weighted by Gasteiger charge is -2.25. The van der Waals surface area contributed by atoms with E-state index in [0.717, 1.165) is 0 Å². The Morgan fingerprint density at radius 3 is 2.67 bits per heavy atom. The van der Waals surface area contributed by atoms with Gasteiger partial charge < -0.3 is 23.5 Å². The number of carbonyl (C=O) groups is 1. The molecule has 0 atom stereocenters. The van der Waals surface area contributed by atoms with Crippen LogP contribution in [0.3, 0.4) is 0 Å². The summed E-state index contributed by atoms with van der Waals surface area (Å²) in [5.74, 6) is -0.0586. The summed E-state index contributed by atoms with van der Waals surface area (Å²) in [6.45, 7) is 1.93. The largest absolute Gasteiger partial charge is 0.586 e. The molecule has 0 N–H and O–H groups in total. The van der Waals surface area contributed by atoms with Crippen LogP contribution in [0.1, 0.15) is 10.6 Å². The van der Waals surface area contributed by atoms with E-state index in [1.54, 1.807) is 23.1 Å². The first-order valence-electron chi connectivity index (χ1n) is 7.39. The first-order valence-corrected chi connectivity index (χ1v) is 7.39. The van der Waals surface area contributed by atoms with Crippen LogP contribution in [-0.4, -0.2) is 43.4 Å². The summed E-state index contributed by atoms with van der Waals surface area (Å²) in [6, 6.07) is 7.54. The fraction of sp³-hybridized carbons (Fsp3) is 0.312. The Bertz CT molecular complexity index is 783. The van der Waals surface area contributed by atoms with Gasteiger partial charge in [-0.15, -0.1) is 8.78 Å². The van der Waals surface area contributed by atoms with Crippen molar-refractivity contribution in [2.75, 3.05) is 26.3 Å². The number of halogens is 2. The lowest BCUT2D eigenvalue weighted by Crippen LogP contribution is -2.40. The Hall–Kier alpha value is -2.61. The van der Waals surface area contributed by atoms with Gasteiger partial charge in [0.15, 0.2) is 17.3 Å². The standard InChI is InChI=1S/C16H13F2NO5/c17-16(18)23-12-3-1-2-10(14(12)24-16)11-4-5-13(22-11)15(20)19-6-8-21-9-7-19/h1-5H,6-9H2. The van der Waals surface area contributed by atoms with Gasteiger partial charge in [0.05, 0.1) is 18.8 Å². The van der Waals surface area contributed by atoms with Gasteiger partial charge >= 0.3 is 6.29 Å². The van der Waals surface area contributed by atoms with Gasteiger partial charge in [-0.25, -0.2) is 0 Å². The highest BCUT2D eigenvalue weighted by molar-refractivity contribution is 5.92. The number of alkyl halides is 2. The number of fused-ring (bicyclic) bond motifs is 1. The van der Waals surface area contributed by atoms with Gasteiger partial charge in [-0.1, -0.05) is 6.07 Å². The number of nitrogens with zero attached hydrogens (tertiary/aromatic N) is 1. The Morgan fingerprint density at radius 1 is 1.08 bits per heavy atom. The van der Waals surface area contributed by atoms with E-state index in [0.29, 0.717) is 31.9 Å². The van der Waals surface area contributed by atoms with Gasteiger partial charge in [0, 0.05) is 13.1 Å². The number of benzene rings is 1. The highest BCUT2D eigenvalue weighted by atomic mass is 19.3. The number of morpholine rings is 1. The molecule has 1 fully saturated rings. The fourth-order valence-electron chi connectivity index (χ4n) is 2.68. The average molecular weight is 337 g/mol. The van der Waals surface area contributed by atoms with Crippen LogP contribution in [0.4, 0.5) is 8.78 Å². The van der Waals surface area contributed by atoms with Gasteiger partial charge in [-0.3, -0.25) is 4.79 Å². The second-order valence-corrected chi connectivity index (χ2v) is 5.37. The summed E-state index contributed by atoms with van der Waals surface area (Å²) in [5.41, 5.74) is 0.297. The van der Waals surface area contributed by atoms with E-state index in [4.69, 9.17) is 9.15 Å². The molecule has 0 unspecified atom stereocenters. The maximum atomic E-state index is 13.3. The van der Waals surface area contributed by atoms with E-state index < -0.39 is 6.29 Å². The maximum Gasteiger partial charge on any atom is 0.586 e. The first kappa shape index (κ1) is 14.9. The normalized spacial score (nSPS) is 18.7. The summed E-state index contributed by atoms with van der Waals surface area (Å²) in [7, 11) is 0. The molecule has 2 aromatic rings. The molecule has 1 aromatic carbocycles. The van der Waals surface area contributed by atoms with Gasteiger partial charge in [-0.05, 0) is 24.3 Å². The van der Waals surface area contributed by atoms with Gasteiger partial charge in [0.25, 0.3) is 5.91 Å². The molecule has 6 nitrogen and oxygen atoms in total. The van der Waals surface area contributed by atoms with E-state index in [2.05, 4.69) is 9.47 Å². The quantitative estimate of drug-likeness (QED) is 0.843. The molecule has 1 amide bonds. The maximum absolute atomic E-state index is 13.3. The molecule has 4 rings (SSSR count). The molecule has 0 aliphatic carbocycles. The lowest BCUT2D eigenvalue weighted by atomic mass is 10.1. The zero-order chi connectivity index (χ0) is 16.7. The van der Waals surface area contributed by atoms with Crippen LogP contribution in [0.15, 0.2) is 34.7 Å². The highest BCUT2D eigenvalue weighted by Gasteiger charge is 2.44. The van der Waals surface area contributed by atoms with Crippen molar-refractivity contribution >= 4 is 5.91 Å². The fourth-order valence-corrected chi connectivity index (χ4v) is 2.68. The Labute approximate surface area is 135 Å². The summed E-state index contributed by atoms with van der Waals surface area (Å²) in [4.78, 5) is 14.0. The number of furan rings is 1. The van der Waals surface area contributed by atoms with Crippen molar-refractivity contribution in [1.82, 2.24) is 4.90 Å². The van der Waals surface area contributed by atoms with E-state index in [1.807, 2.05) is 0 Å². The highest BCUT2D eigenvalue weighted by Crippen LogP contribution is 2.47. The van der Waals surface area contributed by atoms with Crippen molar-refractivity contribution in [2.24, 2.45) is 0 Å². The minimum atomic E-state index is -3.71. The third kappa shape index (κ3) is 2.58. The van der Waals surface area contributed by atoms with Crippen molar-refractivity contribution in [3.05, 3.63) is 36.1 Å². The smallest absolute Gasteiger partial charge is 0.451 e. The minimum absolute atomic E-state index is 0.0741. The van der Waals surface area contributed by atoms with Crippen molar-refractivity contribution in [3.8, 4) is 22.8 Å². The SMILES string of the molecule is O=C(c1ccc(-c2cccc3c2OC(F)(F)O3)o1)N1CCOCC1. The molecule has 2 aliphatic rings. The molecule has 0 radical (unpaired) electrons. The van der Waals surface area contributed by atoms with E-state index in [-0.39, 0.29) is 28.9 Å². The minimum Gasteiger partial charge on any atom is -0.451 e. The molecule has 0 spiro atoms. The molecule has 3 heterocycles. The molecule has 1 aromatic heterocycles. The molecular weight excluding hydrogens is 324 g/mol. The molecule has 126 valence electrons. The number of para-hydroxylation sites is 1. The second-order valence-electron chi connectivity index (χ2n) is 5.37. The lowest BCUT2D eigenvalue weighted by molar-refractivity contribution is -0.286. The molecule has 0 bridgehead atoms. The van der Waals surface area contributed by atoms with Crippen molar-refractivity contribution in [2.45, 2.75) is 6.29 Å². The van der Waals surface area contributed by atoms with Crippen molar-refractivity contribution < 1.29 is 32.2 Å². The molecule has 0 saturated carbocycles. The van der Waals surface area contributed by atoms with E-state index >= 15 is 0 Å². The Morgan fingerprint density at radius 2 is 1.88 bits per heavy atom. The summed E-state index contributed by atoms with van der Waals surface area (Å²) in [6.07, 6.45) is -3.71.